The van der Waals surface area contributed by atoms with Gasteiger partial charge < -0.3 is 25.1 Å². The second kappa shape index (κ2) is 6.12. The molecule has 0 bridgehead atoms. The standard InChI is InChI=1S/C16H21N3O5/c1-16(2,3)11-7-9(24-5)6-10(13(11)20)14(21)15-17-8-12(18(15)4)19(22)23/h6-8,14,20-21H,1-5H3. The third kappa shape index (κ3) is 3.05. The number of aromatic hydroxyl groups is 1. The molecule has 24 heavy (non-hydrogen) atoms. The van der Waals surface area contributed by atoms with Gasteiger partial charge in [-0.1, -0.05) is 20.8 Å². The van der Waals surface area contributed by atoms with Crippen LogP contribution >= 0.6 is 0 Å². The topological polar surface area (TPSA) is 111 Å². The molecule has 0 fully saturated rings. The fourth-order valence-electron chi connectivity index (χ4n) is 2.50. The smallest absolute Gasteiger partial charge is 0.342 e. The van der Waals surface area contributed by atoms with Gasteiger partial charge in [0, 0.05) is 11.1 Å². The first kappa shape index (κ1) is 17.7. The second-order valence-corrected chi connectivity index (χ2v) is 6.56. The van der Waals surface area contributed by atoms with E-state index in [2.05, 4.69) is 4.98 Å². The van der Waals surface area contributed by atoms with E-state index in [9.17, 15) is 20.3 Å². The molecule has 1 aromatic heterocycles. The first-order valence-electron chi connectivity index (χ1n) is 7.33. The van der Waals surface area contributed by atoms with E-state index in [-0.39, 0.29) is 28.4 Å². The molecule has 1 heterocycles. The summed E-state index contributed by atoms with van der Waals surface area (Å²) in [7, 11) is 2.92. The van der Waals surface area contributed by atoms with Crippen molar-refractivity contribution in [2.75, 3.05) is 7.11 Å². The van der Waals surface area contributed by atoms with Gasteiger partial charge in [-0.25, -0.2) is 9.55 Å². The van der Waals surface area contributed by atoms with Crippen LogP contribution in [0, 0.1) is 10.1 Å². The monoisotopic (exact) mass is 335 g/mol. The normalized spacial score (nSPS) is 12.9. The maximum Gasteiger partial charge on any atom is 0.342 e. The number of benzene rings is 1. The lowest BCUT2D eigenvalue weighted by Crippen LogP contribution is -2.15. The summed E-state index contributed by atoms with van der Waals surface area (Å²) in [5.41, 5.74) is 0.392. The molecule has 1 aromatic carbocycles. The molecule has 2 rings (SSSR count). The minimum atomic E-state index is -1.33. The van der Waals surface area contributed by atoms with Gasteiger partial charge in [0.1, 0.15) is 17.7 Å². The number of aliphatic hydroxyl groups is 1. The fourth-order valence-corrected chi connectivity index (χ4v) is 2.50. The number of aliphatic hydroxyl groups excluding tert-OH is 1. The van der Waals surface area contributed by atoms with E-state index >= 15 is 0 Å². The lowest BCUT2D eigenvalue weighted by atomic mass is 9.84. The van der Waals surface area contributed by atoms with Gasteiger partial charge in [0.2, 0.25) is 5.82 Å². The average molecular weight is 335 g/mol. The molecular weight excluding hydrogens is 314 g/mol. The largest absolute Gasteiger partial charge is 0.507 e. The van der Waals surface area contributed by atoms with Crippen molar-refractivity contribution < 1.29 is 19.9 Å². The molecule has 0 aliphatic carbocycles. The SMILES string of the molecule is COc1cc(C(O)c2ncc([N+](=O)[O-])n2C)c(O)c(C(C)(C)C)c1. The van der Waals surface area contributed by atoms with Crippen LogP contribution in [-0.2, 0) is 12.5 Å². The van der Waals surface area contributed by atoms with Gasteiger partial charge in [0.25, 0.3) is 0 Å². The molecule has 0 radical (unpaired) electrons. The number of phenolic OH excluding ortho intramolecular Hbond substituents is 1. The first-order chi connectivity index (χ1) is 11.1. The molecule has 0 amide bonds. The van der Waals surface area contributed by atoms with E-state index in [4.69, 9.17) is 4.74 Å². The molecule has 0 spiro atoms. The summed E-state index contributed by atoms with van der Waals surface area (Å²) in [6.07, 6.45) is -0.264. The highest BCUT2D eigenvalue weighted by Crippen LogP contribution is 2.40. The Morgan fingerprint density at radius 2 is 2.00 bits per heavy atom. The van der Waals surface area contributed by atoms with Crippen LogP contribution in [0.25, 0.3) is 0 Å². The van der Waals surface area contributed by atoms with Crippen molar-refractivity contribution in [1.29, 1.82) is 0 Å². The Morgan fingerprint density at radius 1 is 1.38 bits per heavy atom. The maximum absolute atomic E-state index is 10.9. The van der Waals surface area contributed by atoms with Crippen LogP contribution in [0.4, 0.5) is 5.82 Å². The zero-order chi connectivity index (χ0) is 18.2. The summed E-state index contributed by atoms with van der Waals surface area (Å²) in [6.45, 7) is 5.76. The molecular formula is C16H21N3O5. The predicted octanol–water partition coefficient (Wildman–Crippen LogP) is 2.42. The van der Waals surface area contributed by atoms with Crippen molar-refractivity contribution >= 4 is 5.82 Å². The van der Waals surface area contributed by atoms with Crippen LogP contribution in [0.3, 0.4) is 0 Å². The zero-order valence-electron chi connectivity index (χ0n) is 14.3. The Hall–Kier alpha value is -2.61. The highest BCUT2D eigenvalue weighted by Gasteiger charge is 2.30. The molecule has 1 atom stereocenters. The number of nitro groups is 1. The second-order valence-electron chi connectivity index (χ2n) is 6.56. The minimum absolute atomic E-state index is 0.0603. The van der Waals surface area contributed by atoms with Gasteiger partial charge in [0.05, 0.1) is 14.2 Å². The summed E-state index contributed by atoms with van der Waals surface area (Å²) in [5.74, 6) is 0.199. The summed E-state index contributed by atoms with van der Waals surface area (Å²) >= 11 is 0. The molecule has 2 aromatic rings. The first-order valence-corrected chi connectivity index (χ1v) is 7.33. The quantitative estimate of drug-likeness (QED) is 0.656. The predicted molar refractivity (Wildman–Crippen MR) is 87.3 cm³/mol. The number of ether oxygens (including phenoxy) is 1. The number of aromatic nitrogens is 2. The van der Waals surface area contributed by atoms with Crippen molar-refractivity contribution in [1.82, 2.24) is 9.55 Å². The van der Waals surface area contributed by atoms with E-state index in [1.54, 1.807) is 6.07 Å². The number of hydrogen-bond donors (Lipinski definition) is 2. The van der Waals surface area contributed by atoms with E-state index < -0.39 is 11.0 Å². The number of nitrogens with zero attached hydrogens (tertiary/aromatic N) is 3. The summed E-state index contributed by atoms with van der Waals surface area (Å²) in [4.78, 5) is 14.3. The molecule has 0 saturated heterocycles. The van der Waals surface area contributed by atoms with Crippen molar-refractivity contribution in [3.63, 3.8) is 0 Å². The van der Waals surface area contributed by atoms with Gasteiger partial charge in [0.15, 0.2) is 6.10 Å². The number of hydrogen-bond acceptors (Lipinski definition) is 6. The molecule has 0 aliphatic rings. The number of phenols is 1. The van der Waals surface area contributed by atoms with Gasteiger partial charge >= 0.3 is 5.82 Å². The Morgan fingerprint density at radius 3 is 2.46 bits per heavy atom. The zero-order valence-corrected chi connectivity index (χ0v) is 14.3. The van der Waals surface area contributed by atoms with Crippen LogP contribution in [0.15, 0.2) is 18.3 Å². The Bertz CT molecular complexity index is 777. The van der Waals surface area contributed by atoms with Gasteiger partial charge in [-0.3, -0.25) is 0 Å². The van der Waals surface area contributed by atoms with E-state index in [0.29, 0.717) is 11.3 Å². The summed E-state index contributed by atoms with van der Waals surface area (Å²) in [6, 6.07) is 3.20. The van der Waals surface area contributed by atoms with Crippen LogP contribution in [0.2, 0.25) is 0 Å². The molecule has 0 aliphatic heterocycles. The summed E-state index contributed by atoms with van der Waals surface area (Å²) < 4.78 is 6.43. The Kier molecular flexibility index (Phi) is 4.52. The average Bonchev–Trinajstić information content (AvgIpc) is 2.87. The van der Waals surface area contributed by atoms with E-state index in [1.165, 1.54) is 24.8 Å². The number of methoxy groups -OCH3 is 1. The molecule has 130 valence electrons. The Labute approximate surface area is 139 Å². The van der Waals surface area contributed by atoms with Crippen LogP contribution in [0.5, 0.6) is 11.5 Å². The van der Waals surface area contributed by atoms with Gasteiger partial charge in [-0.2, -0.15) is 0 Å². The van der Waals surface area contributed by atoms with E-state index in [0.717, 1.165) is 6.20 Å². The highest BCUT2D eigenvalue weighted by atomic mass is 16.6. The molecule has 2 N–H and O–H groups in total. The highest BCUT2D eigenvalue weighted by molar-refractivity contribution is 5.51. The van der Waals surface area contributed by atoms with Gasteiger partial charge in [-0.15, -0.1) is 0 Å². The van der Waals surface area contributed by atoms with Crippen LogP contribution in [-0.4, -0.2) is 31.8 Å². The molecule has 0 saturated carbocycles. The van der Waals surface area contributed by atoms with Crippen molar-refractivity contribution in [2.45, 2.75) is 32.3 Å². The van der Waals surface area contributed by atoms with Crippen LogP contribution < -0.4 is 4.74 Å². The maximum atomic E-state index is 10.9. The lowest BCUT2D eigenvalue weighted by Gasteiger charge is -2.24. The van der Waals surface area contributed by atoms with Crippen molar-refractivity contribution in [3.8, 4) is 11.5 Å². The fraction of sp³-hybridized carbons (Fsp3) is 0.438. The third-order valence-corrected chi connectivity index (χ3v) is 3.88. The van der Waals surface area contributed by atoms with Gasteiger partial charge in [-0.05, 0) is 22.5 Å². The number of rotatable bonds is 4. The van der Waals surface area contributed by atoms with E-state index in [1.807, 2.05) is 20.8 Å². The van der Waals surface area contributed by atoms with Crippen LogP contribution in [0.1, 0.15) is 43.8 Å². The van der Waals surface area contributed by atoms with Crippen molar-refractivity contribution in [3.05, 3.63) is 45.4 Å². The minimum Gasteiger partial charge on any atom is -0.507 e. The molecule has 1 unspecified atom stereocenters. The molecule has 8 heteroatoms. The lowest BCUT2D eigenvalue weighted by molar-refractivity contribution is -0.391. The Balaban J connectivity index is 2.61. The number of imidazole rings is 1. The van der Waals surface area contributed by atoms with Crippen molar-refractivity contribution in [2.24, 2.45) is 7.05 Å². The molecule has 8 nitrogen and oxygen atoms in total. The third-order valence-electron chi connectivity index (χ3n) is 3.88. The summed E-state index contributed by atoms with van der Waals surface area (Å²) in [5, 5.41) is 32.2.